The maximum atomic E-state index is 12.5. The molecule has 8 heteroatoms. The van der Waals surface area contributed by atoms with Gasteiger partial charge in [0.15, 0.2) is 11.5 Å². The minimum absolute atomic E-state index is 0.147. The third-order valence-electron chi connectivity index (χ3n) is 4.84. The van der Waals surface area contributed by atoms with Gasteiger partial charge in [-0.1, -0.05) is 46.7 Å². The molecule has 0 aliphatic heterocycles. The molecule has 2 aromatic carbocycles. The maximum absolute atomic E-state index is 12.5. The van der Waals surface area contributed by atoms with Crippen molar-refractivity contribution in [2.24, 2.45) is 0 Å². The van der Waals surface area contributed by atoms with E-state index < -0.39 is 11.9 Å². The lowest BCUT2D eigenvalue weighted by molar-refractivity contribution is 0.0923. The Bertz CT molecular complexity index is 1180. The highest BCUT2D eigenvalue weighted by Gasteiger charge is 2.20. The summed E-state index contributed by atoms with van der Waals surface area (Å²) in [5.74, 6) is 1.52. The first-order valence-electron chi connectivity index (χ1n) is 9.85. The number of carbonyl (C=O) groups excluding carboxylic acids is 1. The highest BCUT2D eigenvalue weighted by Crippen LogP contribution is 2.20. The summed E-state index contributed by atoms with van der Waals surface area (Å²) in [6.07, 6.45) is 0. The van der Waals surface area contributed by atoms with E-state index in [1.807, 2.05) is 62.4 Å². The number of rotatable bonds is 7. The Morgan fingerprint density at radius 3 is 2.61 bits per heavy atom. The largest absolute Gasteiger partial charge is 0.486 e. The number of amides is 1. The van der Waals surface area contributed by atoms with Gasteiger partial charge in [-0.05, 0) is 44.0 Å². The molecule has 1 atom stereocenters. The van der Waals surface area contributed by atoms with E-state index in [1.165, 1.54) is 5.56 Å². The first-order chi connectivity index (χ1) is 15.0. The van der Waals surface area contributed by atoms with Crippen molar-refractivity contribution in [2.45, 2.75) is 33.4 Å². The SMILES string of the molecule is Cc1ccc(OCc2cc(C(=O)NC(C)c3nc(-c4ccccc4)no3)no2)cc1C. The Balaban J connectivity index is 1.35. The number of hydrogen-bond acceptors (Lipinski definition) is 7. The average molecular weight is 418 g/mol. The fourth-order valence-electron chi connectivity index (χ4n) is 2.89. The Morgan fingerprint density at radius 2 is 1.84 bits per heavy atom. The quantitative estimate of drug-likeness (QED) is 0.474. The molecule has 0 fully saturated rings. The van der Waals surface area contributed by atoms with Crippen LogP contribution in [0.5, 0.6) is 5.75 Å². The molecular formula is C23H22N4O4. The van der Waals surface area contributed by atoms with E-state index in [1.54, 1.807) is 13.0 Å². The van der Waals surface area contributed by atoms with Gasteiger partial charge in [0.25, 0.3) is 5.91 Å². The van der Waals surface area contributed by atoms with Gasteiger partial charge >= 0.3 is 0 Å². The van der Waals surface area contributed by atoms with Gasteiger partial charge < -0.3 is 19.1 Å². The summed E-state index contributed by atoms with van der Waals surface area (Å²) in [6, 6.07) is 16.3. The molecule has 2 heterocycles. The van der Waals surface area contributed by atoms with E-state index >= 15 is 0 Å². The molecule has 1 N–H and O–H groups in total. The van der Waals surface area contributed by atoms with Crippen molar-refractivity contribution in [2.75, 3.05) is 0 Å². The van der Waals surface area contributed by atoms with Crippen molar-refractivity contribution in [3.8, 4) is 17.1 Å². The molecule has 0 radical (unpaired) electrons. The topological polar surface area (TPSA) is 103 Å². The van der Waals surface area contributed by atoms with Gasteiger partial charge in [-0.3, -0.25) is 4.79 Å². The second-order valence-electron chi connectivity index (χ2n) is 7.23. The molecule has 0 bridgehead atoms. The van der Waals surface area contributed by atoms with Crippen molar-refractivity contribution in [1.29, 1.82) is 0 Å². The van der Waals surface area contributed by atoms with Crippen molar-refractivity contribution < 1.29 is 18.6 Å². The summed E-state index contributed by atoms with van der Waals surface area (Å²) in [5, 5.41) is 10.6. The van der Waals surface area contributed by atoms with Crippen LogP contribution < -0.4 is 10.1 Å². The third kappa shape index (κ3) is 4.80. The molecule has 0 spiro atoms. The van der Waals surface area contributed by atoms with Gasteiger partial charge in [0.2, 0.25) is 11.7 Å². The van der Waals surface area contributed by atoms with E-state index in [-0.39, 0.29) is 12.3 Å². The van der Waals surface area contributed by atoms with E-state index in [0.29, 0.717) is 17.5 Å². The van der Waals surface area contributed by atoms with Gasteiger partial charge in [0.1, 0.15) is 18.4 Å². The molecule has 0 aliphatic rings. The van der Waals surface area contributed by atoms with Crippen molar-refractivity contribution in [3.05, 3.63) is 83.1 Å². The van der Waals surface area contributed by atoms with Crippen molar-refractivity contribution in [3.63, 3.8) is 0 Å². The van der Waals surface area contributed by atoms with Crippen LogP contribution in [0.25, 0.3) is 11.4 Å². The Morgan fingerprint density at radius 1 is 1.03 bits per heavy atom. The first kappa shape index (κ1) is 20.3. The molecule has 1 amide bonds. The van der Waals surface area contributed by atoms with Crippen molar-refractivity contribution in [1.82, 2.24) is 20.6 Å². The monoisotopic (exact) mass is 418 g/mol. The highest BCUT2D eigenvalue weighted by atomic mass is 16.5. The van der Waals surface area contributed by atoms with Gasteiger partial charge in [-0.25, -0.2) is 0 Å². The molecule has 158 valence electrons. The number of benzene rings is 2. The number of carbonyl (C=O) groups is 1. The van der Waals surface area contributed by atoms with E-state index in [9.17, 15) is 4.79 Å². The van der Waals surface area contributed by atoms with Crippen LogP contribution in [0, 0.1) is 13.8 Å². The van der Waals surface area contributed by atoms with E-state index in [0.717, 1.165) is 16.9 Å². The molecule has 0 aliphatic carbocycles. The van der Waals surface area contributed by atoms with Crippen LogP contribution in [0.4, 0.5) is 0 Å². The minimum atomic E-state index is -0.496. The number of nitrogens with zero attached hydrogens (tertiary/aromatic N) is 3. The van der Waals surface area contributed by atoms with Crippen LogP contribution in [0.1, 0.15) is 46.2 Å². The summed E-state index contributed by atoms with van der Waals surface area (Å²) in [7, 11) is 0. The Labute approximate surface area is 179 Å². The summed E-state index contributed by atoms with van der Waals surface area (Å²) < 4.78 is 16.2. The Kier molecular flexibility index (Phi) is 5.79. The fraction of sp³-hybridized carbons (Fsp3) is 0.217. The summed E-state index contributed by atoms with van der Waals surface area (Å²) >= 11 is 0. The Hall–Kier alpha value is -3.94. The predicted molar refractivity (Wildman–Crippen MR) is 112 cm³/mol. The minimum Gasteiger partial charge on any atom is -0.486 e. The number of hydrogen-bond donors (Lipinski definition) is 1. The lowest BCUT2D eigenvalue weighted by Gasteiger charge is -2.07. The van der Waals surface area contributed by atoms with Crippen LogP contribution in [-0.4, -0.2) is 21.2 Å². The standard InChI is InChI=1S/C23H22N4O4/c1-14-9-10-18(11-15(14)2)29-13-19-12-20(26-30-19)22(28)24-16(3)23-25-21(27-31-23)17-7-5-4-6-8-17/h4-12,16H,13H2,1-3H3,(H,24,28). The highest BCUT2D eigenvalue weighted by molar-refractivity contribution is 5.92. The molecule has 0 saturated heterocycles. The summed E-state index contributed by atoms with van der Waals surface area (Å²) in [4.78, 5) is 16.9. The molecule has 31 heavy (non-hydrogen) atoms. The smallest absolute Gasteiger partial charge is 0.274 e. The fourth-order valence-corrected chi connectivity index (χ4v) is 2.89. The summed E-state index contributed by atoms with van der Waals surface area (Å²) in [5.41, 5.74) is 3.31. The number of aryl methyl sites for hydroxylation is 2. The lowest BCUT2D eigenvalue weighted by atomic mass is 10.1. The predicted octanol–water partition coefficient (Wildman–Crippen LogP) is 4.41. The molecule has 4 aromatic rings. The zero-order valence-corrected chi connectivity index (χ0v) is 17.5. The van der Waals surface area contributed by atoms with Crippen LogP contribution in [0.3, 0.4) is 0 Å². The van der Waals surface area contributed by atoms with E-state index in [2.05, 4.69) is 20.6 Å². The van der Waals surface area contributed by atoms with E-state index in [4.69, 9.17) is 13.8 Å². The average Bonchev–Trinajstić information content (AvgIpc) is 3.45. The second kappa shape index (κ2) is 8.83. The third-order valence-corrected chi connectivity index (χ3v) is 4.84. The molecule has 0 saturated carbocycles. The first-order valence-corrected chi connectivity index (χ1v) is 9.85. The van der Waals surface area contributed by atoms with Crippen LogP contribution in [0.15, 0.2) is 63.6 Å². The van der Waals surface area contributed by atoms with Crippen LogP contribution >= 0.6 is 0 Å². The molecular weight excluding hydrogens is 396 g/mol. The zero-order valence-electron chi connectivity index (χ0n) is 17.5. The molecule has 1 unspecified atom stereocenters. The van der Waals surface area contributed by atoms with Gasteiger partial charge in [-0.15, -0.1) is 0 Å². The number of ether oxygens (including phenoxy) is 1. The molecule has 4 rings (SSSR count). The summed E-state index contributed by atoms with van der Waals surface area (Å²) in [6.45, 7) is 5.98. The number of nitrogens with one attached hydrogen (secondary N) is 1. The van der Waals surface area contributed by atoms with Crippen LogP contribution in [0.2, 0.25) is 0 Å². The maximum Gasteiger partial charge on any atom is 0.274 e. The lowest BCUT2D eigenvalue weighted by Crippen LogP contribution is -2.27. The second-order valence-corrected chi connectivity index (χ2v) is 7.23. The van der Waals surface area contributed by atoms with Gasteiger partial charge in [0, 0.05) is 11.6 Å². The molecule has 8 nitrogen and oxygen atoms in total. The zero-order chi connectivity index (χ0) is 21.8. The van der Waals surface area contributed by atoms with Crippen LogP contribution in [-0.2, 0) is 6.61 Å². The van der Waals surface area contributed by atoms with Crippen molar-refractivity contribution >= 4 is 5.91 Å². The molecule has 2 aromatic heterocycles. The number of aromatic nitrogens is 3. The normalized spacial score (nSPS) is 11.8. The van der Waals surface area contributed by atoms with Gasteiger partial charge in [-0.2, -0.15) is 4.98 Å². The van der Waals surface area contributed by atoms with Gasteiger partial charge in [0.05, 0.1) is 0 Å².